The molecule has 4 atom stereocenters. The van der Waals surface area contributed by atoms with Gasteiger partial charge in [-0.3, -0.25) is 19.2 Å². The fourth-order valence-corrected chi connectivity index (χ4v) is 2.24. The zero-order valence-electron chi connectivity index (χ0n) is 10.8. The molecule has 6 nitrogen and oxygen atoms in total. The van der Waals surface area contributed by atoms with E-state index in [2.05, 4.69) is 0 Å². The minimum Gasteiger partial charge on any atom is -0.272 e. The van der Waals surface area contributed by atoms with Crippen molar-refractivity contribution in [3.8, 4) is 0 Å². The van der Waals surface area contributed by atoms with Gasteiger partial charge in [-0.05, 0) is 0 Å². The Labute approximate surface area is 105 Å². The van der Waals surface area contributed by atoms with Crippen molar-refractivity contribution < 1.29 is 19.2 Å². The minimum absolute atomic E-state index is 0.473. The summed E-state index contributed by atoms with van der Waals surface area (Å²) in [5, 5.41) is 1.47. The van der Waals surface area contributed by atoms with Crippen molar-refractivity contribution >= 4 is 23.6 Å². The summed E-state index contributed by atoms with van der Waals surface area (Å²) in [6, 6.07) is 0. The number of carbonyl (C=O) groups is 4. The molecule has 2 rings (SSSR count). The van der Waals surface area contributed by atoms with E-state index in [1.54, 1.807) is 27.7 Å². The van der Waals surface area contributed by atoms with Crippen molar-refractivity contribution in [3.05, 3.63) is 0 Å². The van der Waals surface area contributed by atoms with E-state index >= 15 is 0 Å². The monoisotopic (exact) mass is 252 g/mol. The molecule has 0 saturated carbocycles. The molecule has 0 aromatic rings. The summed E-state index contributed by atoms with van der Waals surface area (Å²) in [7, 11) is 0. The largest absolute Gasteiger partial charge is 0.272 e. The van der Waals surface area contributed by atoms with Gasteiger partial charge in [-0.15, -0.1) is 0 Å². The first-order chi connectivity index (χ1) is 8.29. The van der Waals surface area contributed by atoms with Crippen LogP contribution in [0.4, 0.5) is 0 Å². The van der Waals surface area contributed by atoms with E-state index in [9.17, 15) is 19.2 Å². The van der Waals surface area contributed by atoms with Gasteiger partial charge in [0, 0.05) is 23.7 Å². The molecule has 0 spiro atoms. The Bertz CT molecular complexity index is 377. The highest BCUT2D eigenvalue weighted by atomic mass is 16.2. The Kier molecular flexibility index (Phi) is 2.76. The first kappa shape index (κ1) is 12.7. The van der Waals surface area contributed by atoms with E-state index < -0.39 is 47.3 Å². The fourth-order valence-electron chi connectivity index (χ4n) is 2.24. The van der Waals surface area contributed by atoms with Crippen LogP contribution in [0.2, 0.25) is 0 Å². The Hall–Kier alpha value is -1.72. The molecule has 2 heterocycles. The van der Waals surface area contributed by atoms with Crippen molar-refractivity contribution in [2.24, 2.45) is 23.7 Å². The molecule has 0 bridgehead atoms. The zero-order valence-corrected chi connectivity index (χ0v) is 10.8. The third-order valence-electron chi connectivity index (χ3n) is 4.09. The van der Waals surface area contributed by atoms with Crippen molar-refractivity contribution in [1.82, 2.24) is 10.0 Å². The van der Waals surface area contributed by atoms with Gasteiger partial charge in [0.25, 0.3) is 23.6 Å². The van der Waals surface area contributed by atoms with Crippen molar-refractivity contribution in [3.63, 3.8) is 0 Å². The molecule has 2 aliphatic heterocycles. The number of amides is 4. The van der Waals surface area contributed by atoms with Crippen molar-refractivity contribution in [2.75, 3.05) is 0 Å². The zero-order chi connectivity index (χ0) is 13.8. The Balaban J connectivity index is 2.50. The number of nitrogens with zero attached hydrogens (tertiary/aromatic N) is 2. The molecule has 0 aromatic carbocycles. The lowest BCUT2D eigenvalue weighted by Gasteiger charge is -2.46. The van der Waals surface area contributed by atoms with Crippen LogP contribution in [0.15, 0.2) is 0 Å². The number of hydrogen-bond acceptors (Lipinski definition) is 4. The van der Waals surface area contributed by atoms with E-state index in [1.165, 1.54) is 0 Å². The lowest BCUT2D eigenvalue weighted by atomic mass is 9.86. The fraction of sp³-hybridized carbons (Fsp3) is 0.667. The molecule has 0 aliphatic carbocycles. The summed E-state index contributed by atoms with van der Waals surface area (Å²) >= 11 is 0. The topological polar surface area (TPSA) is 74.8 Å². The molecule has 2 aliphatic rings. The maximum absolute atomic E-state index is 12.1. The van der Waals surface area contributed by atoms with Crippen LogP contribution in [0, 0.1) is 23.7 Å². The molecule has 18 heavy (non-hydrogen) atoms. The molecular formula is C12H16N2O4. The third-order valence-corrected chi connectivity index (χ3v) is 4.09. The Morgan fingerprint density at radius 2 is 0.722 bits per heavy atom. The summed E-state index contributed by atoms with van der Waals surface area (Å²) < 4.78 is 0. The molecular weight excluding hydrogens is 236 g/mol. The Morgan fingerprint density at radius 1 is 0.556 bits per heavy atom. The van der Waals surface area contributed by atoms with Crippen LogP contribution < -0.4 is 0 Å². The molecule has 0 unspecified atom stereocenters. The minimum atomic E-state index is -0.578. The van der Waals surface area contributed by atoms with Crippen LogP contribution in [0.25, 0.3) is 0 Å². The van der Waals surface area contributed by atoms with Gasteiger partial charge < -0.3 is 0 Å². The molecule has 98 valence electrons. The van der Waals surface area contributed by atoms with Crippen LogP contribution in [0.1, 0.15) is 27.7 Å². The van der Waals surface area contributed by atoms with Crippen LogP contribution in [0.3, 0.4) is 0 Å². The van der Waals surface area contributed by atoms with E-state index in [1.807, 2.05) is 0 Å². The van der Waals surface area contributed by atoms with Crippen LogP contribution >= 0.6 is 0 Å². The quantitative estimate of drug-likeness (QED) is 0.576. The van der Waals surface area contributed by atoms with Crippen LogP contribution in [0.5, 0.6) is 0 Å². The average molecular weight is 252 g/mol. The number of hydrazine groups is 1. The first-order valence-corrected chi connectivity index (χ1v) is 6.04. The van der Waals surface area contributed by atoms with Gasteiger partial charge >= 0.3 is 0 Å². The predicted molar refractivity (Wildman–Crippen MR) is 60.4 cm³/mol. The highest BCUT2D eigenvalue weighted by molar-refractivity contribution is 6.12. The summed E-state index contributed by atoms with van der Waals surface area (Å²) in [4.78, 5) is 48.3. The van der Waals surface area contributed by atoms with Crippen LogP contribution in [-0.2, 0) is 19.2 Å². The van der Waals surface area contributed by atoms with Gasteiger partial charge in [-0.1, -0.05) is 27.7 Å². The third kappa shape index (κ3) is 1.41. The van der Waals surface area contributed by atoms with Gasteiger partial charge in [0.15, 0.2) is 0 Å². The maximum atomic E-state index is 12.1. The van der Waals surface area contributed by atoms with Crippen molar-refractivity contribution in [1.29, 1.82) is 0 Å². The smallest absolute Gasteiger partial charge is 0.252 e. The molecule has 0 aromatic heterocycles. The second kappa shape index (κ2) is 3.90. The normalized spacial score (nSPS) is 37.1. The van der Waals surface area contributed by atoms with E-state index in [0.29, 0.717) is 0 Å². The first-order valence-electron chi connectivity index (χ1n) is 6.04. The number of rotatable bonds is 0. The van der Waals surface area contributed by atoms with Crippen LogP contribution in [-0.4, -0.2) is 33.6 Å². The summed E-state index contributed by atoms with van der Waals surface area (Å²) in [5.74, 6) is -4.20. The van der Waals surface area contributed by atoms with Crippen molar-refractivity contribution in [2.45, 2.75) is 27.7 Å². The maximum Gasteiger partial charge on any atom is 0.252 e. The lowest BCUT2D eigenvalue weighted by Crippen LogP contribution is -2.69. The Morgan fingerprint density at radius 3 is 0.889 bits per heavy atom. The number of carbonyl (C=O) groups excluding carboxylic acids is 4. The second-order valence-electron chi connectivity index (χ2n) is 5.13. The molecule has 0 radical (unpaired) electrons. The lowest BCUT2D eigenvalue weighted by molar-refractivity contribution is -0.201. The van der Waals surface area contributed by atoms with Gasteiger partial charge in [0.2, 0.25) is 0 Å². The molecule has 0 N–H and O–H groups in total. The highest BCUT2D eigenvalue weighted by Gasteiger charge is 2.54. The molecule has 2 saturated heterocycles. The predicted octanol–water partition coefficient (Wildman–Crippen LogP) is 0.183. The van der Waals surface area contributed by atoms with Gasteiger partial charge in [0.05, 0.1) is 0 Å². The van der Waals surface area contributed by atoms with Gasteiger partial charge in [-0.25, -0.2) is 0 Å². The summed E-state index contributed by atoms with van der Waals surface area (Å²) in [6.45, 7) is 6.40. The molecule has 6 heteroatoms. The number of fused-ring (bicyclic) bond motifs is 1. The van der Waals surface area contributed by atoms with Gasteiger partial charge in [-0.2, -0.15) is 10.0 Å². The molecule has 4 amide bonds. The SMILES string of the molecule is C[C@@H]1C(=O)N2C(=O)[C@H](C)[C@@H](C)C(=O)N2C(=O)[C@@H]1C. The van der Waals surface area contributed by atoms with E-state index in [0.717, 1.165) is 10.0 Å². The van der Waals surface area contributed by atoms with E-state index in [-0.39, 0.29) is 0 Å². The summed E-state index contributed by atoms with van der Waals surface area (Å²) in [5.41, 5.74) is 0. The summed E-state index contributed by atoms with van der Waals surface area (Å²) in [6.07, 6.45) is 0. The van der Waals surface area contributed by atoms with E-state index in [4.69, 9.17) is 0 Å². The van der Waals surface area contributed by atoms with Gasteiger partial charge in [0.1, 0.15) is 0 Å². The second-order valence-corrected chi connectivity index (χ2v) is 5.13. The number of imide groups is 2. The highest BCUT2D eigenvalue weighted by Crippen LogP contribution is 2.33. The average Bonchev–Trinajstić information content (AvgIpc) is 2.35. The number of hydrogen-bond donors (Lipinski definition) is 0. The molecule has 2 fully saturated rings. The standard InChI is InChI=1S/C12H16N2O4/c1-5-6(2)10(16)14-12(18)8(4)7(3)11(17)13(14)9(5)15/h5-8H,1-4H3/t5-,6-,7-,8+/m1/s1.